The van der Waals surface area contributed by atoms with E-state index in [0.717, 1.165) is 5.56 Å². The highest BCUT2D eigenvalue weighted by Crippen LogP contribution is 2.19. The lowest BCUT2D eigenvalue weighted by atomic mass is 10.1. The molecular weight excluding hydrogens is 248 g/mol. The van der Waals surface area contributed by atoms with Gasteiger partial charge < -0.3 is 25.2 Å². The van der Waals surface area contributed by atoms with Crippen LogP contribution in [0, 0.1) is 6.92 Å². The number of nitrogens with two attached hydrogens (primary N) is 1. The van der Waals surface area contributed by atoms with Crippen LogP contribution in [-0.2, 0) is 9.47 Å². The molecule has 0 atom stereocenters. The van der Waals surface area contributed by atoms with E-state index in [1.807, 2.05) is 13.0 Å². The molecule has 0 fully saturated rings. The second-order valence-electron chi connectivity index (χ2n) is 3.94. The molecule has 0 bridgehead atoms. The second kappa shape index (κ2) is 8.34. The van der Waals surface area contributed by atoms with E-state index in [4.69, 9.17) is 25.2 Å². The summed E-state index contributed by atoms with van der Waals surface area (Å²) in [6.07, 6.45) is 0. The van der Waals surface area contributed by atoms with Gasteiger partial charge in [0, 0.05) is 7.11 Å². The van der Waals surface area contributed by atoms with Gasteiger partial charge in [0.15, 0.2) is 5.84 Å². The highest BCUT2D eigenvalue weighted by molar-refractivity contribution is 5.99. The SMILES string of the molecule is COCCOCCOc1ccc(C)cc1/C(N)=N/O. The Hall–Kier alpha value is -1.79. The molecule has 0 aliphatic carbocycles. The first-order valence-electron chi connectivity index (χ1n) is 5.97. The van der Waals surface area contributed by atoms with Crippen LogP contribution in [0.2, 0.25) is 0 Å². The van der Waals surface area contributed by atoms with Crippen molar-refractivity contribution in [2.24, 2.45) is 10.9 Å². The number of oxime groups is 1. The molecule has 0 spiro atoms. The average Bonchev–Trinajstić information content (AvgIpc) is 2.43. The van der Waals surface area contributed by atoms with E-state index in [-0.39, 0.29) is 5.84 Å². The first-order valence-corrected chi connectivity index (χ1v) is 5.97. The Labute approximate surface area is 112 Å². The molecule has 0 heterocycles. The minimum absolute atomic E-state index is 0.0269. The zero-order chi connectivity index (χ0) is 14.1. The van der Waals surface area contributed by atoms with Gasteiger partial charge in [-0.15, -0.1) is 0 Å². The van der Waals surface area contributed by atoms with Gasteiger partial charge >= 0.3 is 0 Å². The summed E-state index contributed by atoms with van der Waals surface area (Å²) in [5, 5.41) is 11.7. The fourth-order valence-corrected chi connectivity index (χ4v) is 1.48. The molecule has 0 aliphatic rings. The zero-order valence-corrected chi connectivity index (χ0v) is 11.3. The maximum atomic E-state index is 8.74. The van der Waals surface area contributed by atoms with Crippen molar-refractivity contribution in [3.63, 3.8) is 0 Å². The lowest BCUT2D eigenvalue weighted by molar-refractivity contribution is 0.0544. The van der Waals surface area contributed by atoms with Crippen molar-refractivity contribution < 1.29 is 19.4 Å². The van der Waals surface area contributed by atoms with E-state index < -0.39 is 0 Å². The van der Waals surface area contributed by atoms with Crippen molar-refractivity contribution in [3.05, 3.63) is 29.3 Å². The number of amidine groups is 1. The Morgan fingerprint density at radius 3 is 2.68 bits per heavy atom. The highest BCUT2D eigenvalue weighted by atomic mass is 16.5. The fraction of sp³-hybridized carbons (Fsp3) is 0.462. The summed E-state index contributed by atoms with van der Waals surface area (Å²) >= 11 is 0. The van der Waals surface area contributed by atoms with E-state index in [1.165, 1.54) is 0 Å². The summed E-state index contributed by atoms with van der Waals surface area (Å²) in [5.41, 5.74) is 7.18. The lowest BCUT2D eigenvalue weighted by Gasteiger charge is -2.11. The Balaban J connectivity index is 2.53. The minimum atomic E-state index is 0.0269. The molecule has 6 nitrogen and oxygen atoms in total. The minimum Gasteiger partial charge on any atom is -0.490 e. The Morgan fingerprint density at radius 1 is 1.26 bits per heavy atom. The van der Waals surface area contributed by atoms with Crippen LogP contribution in [0.4, 0.5) is 0 Å². The molecule has 106 valence electrons. The molecule has 0 saturated carbocycles. The maximum absolute atomic E-state index is 8.74. The second-order valence-corrected chi connectivity index (χ2v) is 3.94. The summed E-state index contributed by atoms with van der Waals surface area (Å²) in [4.78, 5) is 0. The van der Waals surface area contributed by atoms with Gasteiger partial charge in [0.1, 0.15) is 12.4 Å². The molecule has 1 aromatic carbocycles. The number of benzene rings is 1. The highest BCUT2D eigenvalue weighted by Gasteiger charge is 2.08. The zero-order valence-electron chi connectivity index (χ0n) is 11.3. The van der Waals surface area contributed by atoms with Crippen molar-refractivity contribution in [1.29, 1.82) is 0 Å². The van der Waals surface area contributed by atoms with E-state index in [2.05, 4.69) is 5.16 Å². The van der Waals surface area contributed by atoms with Gasteiger partial charge in [0.25, 0.3) is 0 Å². The first kappa shape index (κ1) is 15.3. The topological polar surface area (TPSA) is 86.3 Å². The van der Waals surface area contributed by atoms with Crippen LogP contribution >= 0.6 is 0 Å². The van der Waals surface area contributed by atoms with Gasteiger partial charge in [-0.1, -0.05) is 16.8 Å². The molecule has 6 heteroatoms. The number of hydrogen-bond donors (Lipinski definition) is 2. The lowest BCUT2D eigenvalue weighted by Crippen LogP contribution is -2.16. The van der Waals surface area contributed by atoms with E-state index in [0.29, 0.717) is 37.7 Å². The van der Waals surface area contributed by atoms with Gasteiger partial charge in [0.05, 0.1) is 25.4 Å². The molecule has 0 aromatic heterocycles. The third-order valence-corrected chi connectivity index (χ3v) is 2.44. The number of nitrogens with zero attached hydrogens (tertiary/aromatic N) is 1. The first-order chi connectivity index (χ1) is 9.19. The van der Waals surface area contributed by atoms with Crippen LogP contribution in [-0.4, -0.2) is 44.6 Å². The quantitative estimate of drug-likeness (QED) is 0.243. The van der Waals surface area contributed by atoms with Crippen molar-refractivity contribution in [3.8, 4) is 5.75 Å². The van der Waals surface area contributed by atoms with Gasteiger partial charge in [-0.3, -0.25) is 0 Å². The van der Waals surface area contributed by atoms with Crippen LogP contribution in [0.5, 0.6) is 5.75 Å². The van der Waals surface area contributed by atoms with Gasteiger partial charge in [0.2, 0.25) is 0 Å². The van der Waals surface area contributed by atoms with Crippen LogP contribution in [0.25, 0.3) is 0 Å². The predicted octanol–water partition coefficient (Wildman–Crippen LogP) is 1.13. The summed E-state index contributed by atoms with van der Waals surface area (Å²) < 4.78 is 15.7. The molecule has 1 aromatic rings. The third-order valence-electron chi connectivity index (χ3n) is 2.44. The van der Waals surface area contributed by atoms with Crippen LogP contribution < -0.4 is 10.5 Å². The van der Waals surface area contributed by atoms with Crippen molar-refractivity contribution in [1.82, 2.24) is 0 Å². The summed E-state index contributed by atoms with van der Waals surface area (Å²) in [6.45, 7) is 3.85. The Morgan fingerprint density at radius 2 is 2.00 bits per heavy atom. The predicted molar refractivity (Wildman–Crippen MR) is 71.9 cm³/mol. The van der Waals surface area contributed by atoms with Crippen LogP contribution in [0.1, 0.15) is 11.1 Å². The Kier molecular flexibility index (Phi) is 6.70. The molecule has 0 unspecified atom stereocenters. The largest absolute Gasteiger partial charge is 0.490 e. The molecule has 0 amide bonds. The standard InChI is InChI=1S/C13H20N2O4/c1-10-3-4-12(11(9-10)13(14)15-16)19-8-7-18-6-5-17-2/h3-4,9,16H,5-8H2,1-2H3,(H2,14,15). The Bertz CT molecular complexity index is 421. The monoisotopic (exact) mass is 268 g/mol. The summed E-state index contributed by atoms with van der Waals surface area (Å²) in [7, 11) is 1.62. The van der Waals surface area contributed by atoms with E-state index in [9.17, 15) is 0 Å². The fourth-order valence-electron chi connectivity index (χ4n) is 1.48. The van der Waals surface area contributed by atoms with E-state index >= 15 is 0 Å². The molecule has 19 heavy (non-hydrogen) atoms. The number of aryl methyl sites for hydroxylation is 1. The third kappa shape index (κ3) is 5.15. The molecular formula is C13H20N2O4. The summed E-state index contributed by atoms with van der Waals surface area (Å²) in [5.74, 6) is 0.593. The average molecular weight is 268 g/mol. The molecule has 1 rings (SSSR count). The molecule has 0 aliphatic heterocycles. The number of rotatable bonds is 8. The van der Waals surface area contributed by atoms with Crippen LogP contribution in [0.3, 0.4) is 0 Å². The van der Waals surface area contributed by atoms with Crippen LogP contribution in [0.15, 0.2) is 23.4 Å². The van der Waals surface area contributed by atoms with E-state index in [1.54, 1.807) is 19.2 Å². The van der Waals surface area contributed by atoms with Gasteiger partial charge in [-0.05, 0) is 19.1 Å². The van der Waals surface area contributed by atoms with Crippen molar-refractivity contribution >= 4 is 5.84 Å². The maximum Gasteiger partial charge on any atom is 0.173 e. The molecule has 0 radical (unpaired) electrons. The molecule has 3 N–H and O–H groups in total. The number of hydrogen-bond acceptors (Lipinski definition) is 5. The molecule has 0 saturated heterocycles. The van der Waals surface area contributed by atoms with Crippen molar-refractivity contribution in [2.45, 2.75) is 6.92 Å². The number of methoxy groups -OCH3 is 1. The van der Waals surface area contributed by atoms with Gasteiger partial charge in [-0.2, -0.15) is 0 Å². The van der Waals surface area contributed by atoms with Gasteiger partial charge in [-0.25, -0.2) is 0 Å². The number of ether oxygens (including phenoxy) is 3. The normalized spacial score (nSPS) is 11.6. The van der Waals surface area contributed by atoms with Crippen molar-refractivity contribution in [2.75, 3.05) is 33.5 Å². The smallest absolute Gasteiger partial charge is 0.173 e. The summed E-state index contributed by atoms with van der Waals surface area (Å²) in [6, 6.07) is 5.49.